The molecule has 1 aliphatic heterocycles. The normalized spacial score (nSPS) is 45.9. The van der Waals surface area contributed by atoms with Gasteiger partial charge in [-0.3, -0.25) is 0 Å². The molecule has 1 heterocycles. The average Bonchev–Trinajstić information content (AvgIpc) is 2.83. The summed E-state index contributed by atoms with van der Waals surface area (Å²) in [6.07, 6.45) is 8.10. The summed E-state index contributed by atoms with van der Waals surface area (Å²) in [5.41, 5.74) is 0.945. The van der Waals surface area contributed by atoms with E-state index in [1.165, 1.54) is 32.1 Å². The predicted molar refractivity (Wildman–Crippen MR) is 88.4 cm³/mol. The zero-order valence-electron chi connectivity index (χ0n) is 14.6. The van der Waals surface area contributed by atoms with Gasteiger partial charge < -0.3 is 10.2 Å². The highest BCUT2D eigenvalue weighted by Crippen LogP contribution is 2.63. The molecule has 0 saturated heterocycles. The van der Waals surface area contributed by atoms with Crippen molar-refractivity contribution in [2.45, 2.75) is 71.0 Å². The number of aliphatic imine (C=N–C) groups is 1. The molecule has 0 spiro atoms. The zero-order valence-corrected chi connectivity index (χ0v) is 14.6. The topological polar surface area (TPSA) is 36.9 Å². The molecule has 4 fully saturated rings. The molecule has 4 heteroatoms. The molecule has 3 atom stereocenters. The predicted octanol–water partition coefficient (Wildman–Crippen LogP) is 3.19. The quantitative estimate of drug-likeness (QED) is 0.866. The van der Waals surface area contributed by atoms with Crippen LogP contribution in [-0.2, 0) is 4.84 Å². The summed E-state index contributed by atoms with van der Waals surface area (Å²) in [4.78, 5) is 10.4. The summed E-state index contributed by atoms with van der Waals surface area (Å²) in [5, 5.41) is 5.87. The minimum absolute atomic E-state index is 0.149. The lowest BCUT2D eigenvalue weighted by Gasteiger charge is -2.64. The molecule has 22 heavy (non-hydrogen) atoms. The number of nitrogens with one attached hydrogen (secondary N) is 1. The van der Waals surface area contributed by atoms with Gasteiger partial charge in [-0.2, -0.15) is 0 Å². The maximum absolute atomic E-state index is 5.67. The summed E-state index contributed by atoms with van der Waals surface area (Å²) in [6, 6.07) is 0. The van der Waals surface area contributed by atoms with Gasteiger partial charge >= 0.3 is 0 Å². The first-order valence-corrected chi connectivity index (χ1v) is 9.14. The van der Waals surface area contributed by atoms with Crippen molar-refractivity contribution < 1.29 is 4.84 Å². The zero-order chi connectivity index (χ0) is 15.5. The Bertz CT molecular complexity index is 469. The standard InChI is InChI=1S/C18H31N3O/c1-5-16-20-15(21(4)22-16)11-19-18-8-12-6-13(9-18)17(2,3)14(7-12)10-18/h12-15,19H,5-11H2,1-4H3. The van der Waals surface area contributed by atoms with Crippen LogP contribution in [-0.4, -0.2) is 36.3 Å². The lowest BCUT2D eigenvalue weighted by atomic mass is 9.44. The van der Waals surface area contributed by atoms with Gasteiger partial charge in [-0.25, -0.2) is 4.99 Å². The number of likely N-dealkylation sites (N-methyl/N-ethyl adjacent to an activating group) is 1. The van der Waals surface area contributed by atoms with E-state index in [9.17, 15) is 0 Å². The van der Waals surface area contributed by atoms with Gasteiger partial charge in [0, 0.05) is 25.6 Å². The average molecular weight is 305 g/mol. The Labute approximate surface area is 134 Å². The van der Waals surface area contributed by atoms with Crippen LogP contribution in [0.5, 0.6) is 0 Å². The summed E-state index contributed by atoms with van der Waals surface area (Å²) < 4.78 is 0. The molecule has 4 bridgehead atoms. The number of hydroxylamine groups is 2. The summed E-state index contributed by atoms with van der Waals surface area (Å²) in [7, 11) is 2.00. The number of nitrogens with zero attached hydrogens (tertiary/aromatic N) is 2. The summed E-state index contributed by atoms with van der Waals surface area (Å²) >= 11 is 0. The Balaban J connectivity index is 1.45. The van der Waals surface area contributed by atoms with E-state index in [2.05, 4.69) is 26.1 Å². The fraction of sp³-hybridized carbons (Fsp3) is 0.944. The van der Waals surface area contributed by atoms with Crippen LogP contribution in [0.3, 0.4) is 0 Å². The molecule has 4 saturated carbocycles. The third kappa shape index (κ3) is 2.22. The van der Waals surface area contributed by atoms with Gasteiger partial charge in [-0.05, 0) is 55.3 Å². The van der Waals surface area contributed by atoms with E-state index < -0.39 is 0 Å². The Kier molecular flexibility index (Phi) is 3.36. The van der Waals surface area contributed by atoms with Crippen LogP contribution in [0.1, 0.15) is 59.3 Å². The van der Waals surface area contributed by atoms with Gasteiger partial charge in [-0.15, -0.1) is 5.06 Å². The van der Waals surface area contributed by atoms with Crippen LogP contribution in [0.2, 0.25) is 0 Å². The Hall–Kier alpha value is -0.610. The van der Waals surface area contributed by atoms with E-state index in [0.717, 1.165) is 36.6 Å². The largest absolute Gasteiger partial charge is 0.389 e. The van der Waals surface area contributed by atoms with Crippen molar-refractivity contribution >= 4 is 5.90 Å². The Morgan fingerprint density at radius 2 is 1.91 bits per heavy atom. The van der Waals surface area contributed by atoms with Gasteiger partial charge in [0.1, 0.15) is 0 Å². The molecule has 0 aromatic carbocycles. The summed E-state index contributed by atoms with van der Waals surface area (Å²) in [5.74, 6) is 3.67. The van der Waals surface area contributed by atoms with E-state index in [0.29, 0.717) is 11.0 Å². The number of rotatable bonds is 4. The number of hydrogen-bond acceptors (Lipinski definition) is 4. The van der Waals surface area contributed by atoms with Crippen molar-refractivity contribution in [1.82, 2.24) is 10.4 Å². The smallest absolute Gasteiger partial charge is 0.211 e. The molecule has 3 unspecified atom stereocenters. The van der Waals surface area contributed by atoms with Crippen molar-refractivity contribution in [3.8, 4) is 0 Å². The van der Waals surface area contributed by atoms with Crippen molar-refractivity contribution in [3.63, 3.8) is 0 Å². The van der Waals surface area contributed by atoms with Gasteiger partial charge in [0.2, 0.25) is 5.90 Å². The van der Waals surface area contributed by atoms with Crippen LogP contribution in [0.15, 0.2) is 4.99 Å². The molecular formula is C18H31N3O. The minimum Gasteiger partial charge on any atom is -0.389 e. The first-order valence-electron chi connectivity index (χ1n) is 9.14. The van der Waals surface area contributed by atoms with E-state index in [-0.39, 0.29) is 6.17 Å². The lowest BCUT2D eigenvalue weighted by Crippen LogP contribution is -2.64. The third-order valence-corrected chi connectivity index (χ3v) is 7.22. The fourth-order valence-corrected chi connectivity index (χ4v) is 5.80. The van der Waals surface area contributed by atoms with E-state index in [4.69, 9.17) is 9.83 Å². The maximum atomic E-state index is 5.67. The molecule has 5 aliphatic rings. The second-order valence-corrected chi connectivity index (χ2v) is 8.82. The molecule has 4 aliphatic carbocycles. The molecule has 1 N–H and O–H groups in total. The van der Waals surface area contributed by atoms with Crippen molar-refractivity contribution in [2.75, 3.05) is 13.6 Å². The Morgan fingerprint density at radius 1 is 1.23 bits per heavy atom. The highest BCUT2D eigenvalue weighted by atomic mass is 16.7. The molecule has 0 aromatic rings. The highest BCUT2D eigenvalue weighted by molar-refractivity contribution is 5.76. The molecule has 124 valence electrons. The molecule has 0 amide bonds. The Morgan fingerprint density at radius 3 is 2.50 bits per heavy atom. The monoisotopic (exact) mass is 305 g/mol. The molecular weight excluding hydrogens is 274 g/mol. The van der Waals surface area contributed by atoms with Crippen molar-refractivity contribution in [3.05, 3.63) is 0 Å². The third-order valence-electron chi connectivity index (χ3n) is 7.22. The van der Waals surface area contributed by atoms with Crippen LogP contribution in [0.25, 0.3) is 0 Å². The van der Waals surface area contributed by atoms with Crippen molar-refractivity contribution in [1.29, 1.82) is 0 Å². The van der Waals surface area contributed by atoms with Gasteiger partial charge in [-0.1, -0.05) is 20.8 Å². The van der Waals surface area contributed by atoms with Crippen LogP contribution >= 0.6 is 0 Å². The van der Waals surface area contributed by atoms with E-state index in [1.807, 2.05) is 12.1 Å². The second-order valence-electron chi connectivity index (χ2n) is 8.82. The van der Waals surface area contributed by atoms with Gasteiger partial charge in [0.05, 0.1) is 0 Å². The lowest BCUT2D eigenvalue weighted by molar-refractivity contribution is -0.116. The minimum atomic E-state index is 0.149. The molecule has 0 aromatic heterocycles. The van der Waals surface area contributed by atoms with Crippen LogP contribution in [0, 0.1) is 23.2 Å². The highest BCUT2D eigenvalue weighted by Gasteiger charge is 2.58. The number of hydrogen-bond donors (Lipinski definition) is 1. The molecule has 4 nitrogen and oxygen atoms in total. The SMILES string of the molecule is CCC1=NC(CNC23CC4CC(C2)C(C)(C)C(C4)C3)N(C)O1. The van der Waals surface area contributed by atoms with Gasteiger partial charge in [0.25, 0.3) is 0 Å². The molecule has 0 radical (unpaired) electrons. The fourth-order valence-electron chi connectivity index (χ4n) is 5.80. The van der Waals surface area contributed by atoms with Crippen molar-refractivity contribution in [2.24, 2.45) is 28.2 Å². The summed E-state index contributed by atoms with van der Waals surface area (Å²) in [6.45, 7) is 8.06. The first-order chi connectivity index (χ1) is 10.4. The maximum Gasteiger partial charge on any atom is 0.211 e. The second kappa shape index (κ2) is 4.94. The van der Waals surface area contributed by atoms with Crippen LogP contribution in [0.4, 0.5) is 0 Å². The van der Waals surface area contributed by atoms with E-state index >= 15 is 0 Å². The van der Waals surface area contributed by atoms with Crippen LogP contribution < -0.4 is 5.32 Å². The van der Waals surface area contributed by atoms with Gasteiger partial charge in [0.15, 0.2) is 6.17 Å². The molecule has 5 rings (SSSR count). The van der Waals surface area contributed by atoms with E-state index in [1.54, 1.807) is 0 Å². The first kappa shape index (κ1) is 14.9.